The predicted molar refractivity (Wildman–Crippen MR) is 53.4 cm³/mol. The molecule has 0 aliphatic rings. The SMILES string of the molecule is CCNC(c1nccs1)C(C)C. The molecule has 1 N–H and O–H groups in total. The maximum Gasteiger partial charge on any atom is 0.110 e. The highest BCUT2D eigenvalue weighted by atomic mass is 32.1. The molecule has 2 nitrogen and oxygen atoms in total. The van der Waals surface area contributed by atoms with Crippen LogP contribution in [0.2, 0.25) is 0 Å². The minimum Gasteiger partial charge on any atom is -0.308 e. The quantitative estimate of drug-likeness (QED) is 0.777. The monoisotopic (exact) mass is 184 g/mol. The van der Waals surface area contributed by atoms with Crippen LogP contribution in [0, 0.1) is 5.92 Å². The fourth-order valence-electron chi connectivity index (χ4n) is 1.22. The van der Waals surface area contributed by atoms with Crippen molar-refractivity contribution in [3.8, 4) is 0 Å². The van der Waals surface area contributed by atoms with Gasteiger partial charge in [-0.1, -0.05) is 20.8 Å². The summed E-state index contributed by atoms with van der Waals surface area (Å²) in [5.74, 6) is 0.607. The lowest BCUT2D eigenvalue weighted by atomic mass is 10.1. The normalized spacial score (nSPS) is 13.7. The minimum atomic E-state index is 0.426. The van der Waals surface area contributed by atoms with Gasteiger partial charge in [0.15, 0.2) is 0 Å². The number of rotatable bonds is 4. The van der Waals surface area contributed by atoms with Crippen molar-refractivity contribution in [2.75, 3.05) is 6.54 Å². The van der Waals surface area contributed by atoms with Crippen LogP contribution in [0.1, 0.15) is 31.8 Å². The molecule has 0 fully saturated rings. The van der Waals surface area contributed by atoms with Gasteiger partial charge in [-0.15, -0.1) is 11.3 Å². The van der Waals surface area contributed by atoms with Gasteiger partial charge in [0.2, 0.25) is 0 Å². The fraction of sp³-hybridized carbons (Fsp3) is 0.667. The Bertz CT molecular complexity index is 206. The molecule has 3 heteroatoms. The topological polar surface area (TPSA) is 24.9 Å². The van der Waals surface area contributed by atoms with Gasteiger partial charge in [-0.05, 0) is 12.5 Å². The fourth-order valence-corrected chi connectivity index (χ4v) is 2.10. The standard InChI is InChI=1S/C9H16N2S/c1-4-10-8(7(2)3)9-11-5-6-12-9/h5-8,10H,4H2,1-3H3. The second kappa shape index (κ2) is 4.58. The summed E-state index contributed by atoms with van der Waals surface area (Å²) in [6.07, 6.45) is 1.87. The molecule has 0 saturated heterocycles. The molecule has 1 heterocycles. The van der Waals surface area contributed by atoms with E-state index >= 15 is 0 Å². The lowest BCUT2D eigenvalue weighted by molar-refractivity contribution is 0.420. The molecule has 0 aliphatic carbocycles. The minimum absolute atomic E-state index is 0.426. The van der Waals surface area contributed by atoms with Crippen LogP contribution in [0.5, 0.6) is 0 Å². The third-order valence-electron chi connectivity index (χ3n) is 1.81. The van der Waals surface area contributed by atoms with E-state index < -0.39 is 0 Å². The van der Waals surface area contributed by atoms with Gasteiger partial charge in [0.1, 0.15) is 5.01 Å². The Morgan fingerprint density at radius 2 is 2.33 bits per heavy atom. The van der Waals surface area contributed by atoms with Crippen molar-refractivity contribution < 1.29 is 0 Å². The summed E-state index contributed by atoms with van der Waals surface area (Å²) in [5.41, 5.74) is 0. The highest BCUT2D eigenvalue weighted by molar-refractivity contribution is 7.09. The molecule has 0 spiro atoms. The largest absolute Gasteiger partial charge is 0.308 e. The van der Waals surface area contributed by atoms with E-state index in [1.807, 2.05) is 11.6 Å². The van der Waals surface area contributed by atoms with Crippen LogP contribution in [0.25, 0.3) is 0 Å². The van der Waals surface area contributed by atoms with E-state index in [1.165, 1.54) is 5.01 Å². The van der Waals surface area contributed by atoms with Crippen LogP contribution >= 0.6 is 11.3 Å². The summed E-state index contributed by atoms with van der Waals surface area (Å²) < 4.78 is 0. The Balaban J connectivity index is 2.66. The first-order chi connectivity index (χ1) is 5.75. The van der Waals surface area contributed by atoms with Crippen molar-refractivity contribution in [1.29, 1.82) is 0 Å². The van der Waals surface area contributed by atoms with Crippen LogP contribution in [0.3, 0.4) is 0 Å². The maximum atomic E-state index is 4.31. The lowest BCUT2D eigenvalue weighted by Crippen LogP contribution is -2.25. The Morgan fingerprint density at radius 3 is 2.75 bits per heavy atom. The van der Waals surface area contributed by atoms with Gasteiger partial charge in [-0.25, -0.2) is 4.98 Å². The second-order valence-electron chi connectivity index (χ2n) is 3.15. The highest BCUT2D eigenvalue weighted by Crippen LogP contribution is 2.22. The first kappa shape index (κ1) is 9.68. The van der Waals surface area contributed by atoms with E-state index in [0.717, 1.165) is 6.54 Å². The Kier molecular flexibility index (Phi) is 3.69. The van der Waals surface area contributed by atoms with Gasteiger partial charge in [-0.3, -0.25) is 0 Å². The van der Waals surface area contributed by atoms with E-state index in [4.69, 9.17) is 0 Å². The summed E-state index contributed by atoms with van der Waals surface area (Å²) in [7, 11) is 0. The number of hydrogen-bond acceptors (Lipinski definition) is 3. The smallest absolute Gasteiger partial charge is 0.110 e. The van der Waals surface area contributed by atoms with Crippen LogP contribution in [0.15, 0.2) is 11.6 Å². The van der Waals surface area contributed by atoms with Gasteiger partial charge in [0.25, 0.3) is 0 Å². The first-order valence-electron chi connectivity index (χ1n) is 4.38. The summed E-state index contributed by atoms with van der Waals surface area (Å²) in [6.45, 7) is 7.56. The summed E-state index contributed by atoms with van der Waals surface area (Å²) in [4.78, 5) is 4.31. The highest BCUT2D eigenvalue weighted by Gasteiger charge is 2.15. The molecule has 12 heavy (non-hydrogen) atoms. The van der Waals surface area contributed by atoms with Gasteiger partial charge in [0.05, 0.1) is 6.04 Å². The number of thiazole rings is 1. The van der Waals surface area contributed by atoms with Gasteiger partial charge in [-0.2, -0.15) is 0 Å². The van der Waals surface area contributed by atoms with E-state index in [2.05, 4.69) is 31.1 Å². The molecular weight excluding hydrogens is 168 g/mol. The van der Waals surface area contributed by atoms with Crippen molar-refractivity contribution in [3.05, 3.63) is 16.6 Å². The zero-order valence-corrected chi connectivity index (χ0v) is 8.69. The molecule has 1 aromatic rings. The predicted octanol–water partition coefficient (Wildman–Crippen LogP) is 2.45. The maximum absolute atomic E-state index is 4.31. The van der Waals surface area contributed by atoms with E-state index in [1.54, 1.807) is 11.3 Å². The van der Waals surface area contributed by atoms with Crippen molar-refractivity contribution in [2.24, 2.45) is 5.92 Å². The first-order valence-corrected chi connectivity index (χ1v) is 5.26. The zero-order valence-electron chi connectivity index (χ0n) is 7.87. The van der Waals surface area contributed by atoms with Crippen LogP contribution in [0.4, 0.5) is 0 Å². The lowest BCUT2D eigenvalue weighted by Gasteiger charge is -2.18. The zero-order chi connectivity index (χ0) is 8.97. The number of aromatic nitrogens is 1. The van der Waals surface area contributed by atoms with Crippen LogP contribution in [-0.2, 0) is 0 Å². The van der Waals surface area contributed by atoms with Gasteiger partial charge in [0, 0.05) is 11.6 Å². The summed E-state index contributed by atoms with van der Waals surface area (Å²) >= 11 is 1.73. The van der Waals surface area contributed by atoms with E-state index in [9.17, 15) is 0 Å². The third kappa shape index (κ3) is 2.29. The van der Waals surface area contributed by atoms with Crippen molar-refractivity contribution >= 4 is 11.3 Å². The van der Waals surface area contributed by atoms with Crippen LogP contribution in [-0.4, -0.2) is 11.5 Å². The van der Waals surface area contributed by atoms with Gasteiger partial charge < -0.3 is 5.32 Å². The van der Waals surface area contributed by atoms with E-state index in [-0.39, 0.29) is 0 Å². The average molecular weight is 184 g/mol. The van der Waals surface area contributed by atoms with Crippen molar-refractivity contribution in [3.63, 3.8) is 0 Å². The molecule has 0 bridgehead atoms. The Labute approximate surface area is 78.0 Å². The Hall–Kier alpha value is -0.410. The number of hydrogen-bond donors (Lipinski definition) is 1. The molecule has 1 atom stereocenters. The molecule has 68 valence electrons. The van der Waals surface area contributed by atoms with E-state index in [0.29, 0.717) is 12.0 Å². The summed E-state index contributed by atoms with van der Waals surface area (Å²) in [5, 5.41) is 6.66. The van der Waals surface area contributed by atoms with Crippen LogP contribution < -0.4 is 5.32 Å². The molecule has 0 aromatic carbocycles. The molecule has 0 saturated carbocycles. The second-order valence-corrected chi connectivity index (χ2v) is 4.08. The van der Waals surface area contributed by atoms with Crippen molar-refractivity contribution in [2.45, 2.75) is 26.8 Å². The Morgan fingerprint density at radius 1 is 1.58 bits per heavy atom. The number of nitrogens with one attached hydrogen (secondary N) is 1. The molecule has 1 unspecified atom stereocenters. The molecule has 1 rings (SSSR count). The number of nitrogens with zero attached hydrogens (tertiary/aromatic N) is 1. The molecule has 1 aromatic heterocycles. The molecule has 0 amide bonds. The molecule has 0 aliphatic heterocycles. The third-order valence-corrected chi connectivity index (χ3v) is 2.67. The summed E-state index contributed by atoms with van der Waals surface area (Å²) in [6, 6.07) is 0.426. The average Bonchev–Trinajstić information content (AvgIpc) is 2.51. The molecular formula is C9H16N2S. The molecule has 0 radical (unpaired) electrons. The van der Waals surface area contributed by atoms with Gasteiger partial charge >= 0.3 is 0 Å². The van der Waals surface area contributed by atoms with Crippen molar-refractivity contribution in [1.82, 2.24) is 10.3 Å².